The number of amides is 1. The van der Waals surface area contributed by atoms with Crippen molar-refractivity contribution < 1.29 is 18.8 Å². The van der Waals surface area contributed by atoms with Crippen LogP contribution in [-0.2, 0) is 16.0 Å². The number of thiophene rings is 1. The van der Waals surface area contributed by atoms with E-state index in [1.54, 1.807) is 0 Å². The molecule has 0 saturated carbocycles. The zero-order valence-electron chi connectivity index (χ0n) is 15.4. The van der Waals surface area contributed by atoms with Gasteiger partial charge in [0.15, 0.2) is 5.58 Å². The molecule has 7 heteroatoms. The zero-order chi connectivity index (χ0) is 19.0. The highest BCUT2D eigenvalue weighted by Gasteiger charge is 2.22. The van der Waals surface area contributed by atoms with Gasteiger partial charge in [-0.25, -0.2) is 4.79 Å². The summed E-state index contributed by atoms with van der Waals surface area (Å²) < 4.78 is 10.2. The number of benzene rings is 1. The molecular formula is C19H20N2O4S. The van der Waals surface area contributed by atoms with Crippen molar-refractivity contribution in [1.29, 1.82) is 0 Å². The molecule has 0 spiro atoms. The number of methoxy groups -OCH3 is 1. The highest BCUT2D eigenvalue weighted by atomic mass is 32.1. The molecule has 3 rings (SSSR count). The Morgan fingerprint density at radius 3 is 2.65 bits per heavy atom. The Morgan fingerprint density at radius 1 is 1.23 bits per heavy atom. The molecule has 0 aliphatic rings. The summed E-state index contributed by atoms with van der Waals surface area (Å²) in [5.41, 5.74) is 4.56. The lowest BCUT2D eigenvalue weighted by Gasteiger charge is -2.06. The molecule has 0 bridgehead atoms. The maximum absolute atomic E-state index is 12.5. The van der Waals surface area contributed by atoms with E-state index >= 15 is 0 Å². The zero-order valence-corrected chi connectivity index (χ0v) is 16.2. The van der Waals surface area contributed by atoms with Gasteiger partial charge in [0, 0.05) is 10.3 Å². The van der Waals surface area contributed by atoms with Gasteiger partial charge in [0.05, 0.1) is 19.1 Å². The van der Waals surface area contributed by atoms with Gasteiger partial charge in [-0.3, -0.25) is 4.79 Å². The van der Waals surface area contributed by atoms with Crippen LogP contribution in [0, 0.1) is 27.7 Å². The molecule has 0 unspecified atom stereocenters. The fourth-order valence-corrected chi connectivity index (χ4v) is 4.09. The van der Waals surface area contributed by atoms with Crippen LogP contribution in [0.25, 0.3) is 11.0 Å². The Labute approximate surface area is 155 Å². The number of aromatic nitrogens is 1. The van der Waals surface area contributed by atoms with Crippen molar-refractivity contribution in [3.63, 3.8) is 0 Å². The second-order valence-electron chi connectivity index (χ2n) is 6.29. The van der Waals surface area contributed by atoms with Crippen molar-refractivity contribution in [2.45, 2.75) is 34.1 Å². The Kier molecular flexibility index (Phi) is 4.82. The average Bonchev–Trinajstić information content (AvgIpc) is 3.08. The molecule has 0 atom stereocenters. The second kappa shape index (κ2) is 6.92. The summed E-state index contributed by atoms with van der Waals surface area (Å²) in [4.78, 5) is 25.5. The maximum atomic E-state index is 12.5. The summed E-state index contributed by atoms with van der Waals surface area (Å²) in [7, 11) is 1.33. The van der Waals surface area contributed by atoms with Crippen molar-refractivity contribution in [3.8, 4) is 0 Å². The molecule has 2 heterocycles. The molecule has 1 amide bonds. The van der Waals surface area contributed by atoms with Crippen LogP contribution in [-0.4, -0.2) is 24.1 Å². The number of aryl methyl sites for hydroxylation is 3. The third kappa shape index (κ3) is 3.22. The van der Waals surface area contributed by atoms with Gasteiger partial charge in [-0.1, -0.05) is 11.2 Å². The standard InChI is InChI=1S/C19H20N2O4S/c1-9-6-10(2)16-13(21-25-14(16)7-9)8-15(22)20-18-17(19(23)24-5)11(3)12(4)26-18/h6-7H,8H2,1-5H3,(H,20,22). The van der Waals surface area contributed by atoms with Crippen LogP contribution >= 0.6 is 11.3 Å². The summed E-state index contributed by atoms with van der Waals surface area (Å²) in [6.45, 7) is 7.69. The van der Waals surface area contributed by atoms with E-state index in [0.717, 1.165) is 27.0 Å². The van der Waals surface area contributed by atoms with Crippen molar-refractivity contribution in [2.24, 2.45) is 0 Å². The highest BCUT2D eigenvalue weighted by molar-refractivity contribution is 7.16. The summed E-state index contributed by atoms with van der Waals surface area (Å²) in [5, 5.41) is 8.23. The minimum Gasteiger partial charge on any atom is -0.465 e. The van der Waals surface area contributed by atoms with E-state index in [-0.39, 0.29) is 12.3 Å². The monoisotopic (exact) mass is 372 g/mol. The van der Waals surface area contributed by atoms with E-state index in [1.165, 1.54) is 18.4 Å². The molecule has 3 aromatic rings. The molecule has 0 aliphatic heterocycles. The van der Waals surface area contributed by atoms with E-state index in [4.69, 9.17) is 9.26 Å². The number of anilines is 1. The van der Waals surface area contributed by atoms with E-state index in [2.05, 4.69) is 10.5 Å². The molecule has 0 saturated heterocycles. The number of rotatable bonds is 4. The van der Waals surface area contributed by atoms with Crippen molar-refractivity contribution >= 4 is 39.2 Å². The molecule has 6 nitrogen and oxygen atoms in total. The predicted octanol–water partition coefficient (Wildman–Crippen LogP) is 4.09. The van der Waals surface area contributed by atoms with Crippen molar-refractivity contribution in [3.05, 3.63) is 45.0 Å². The Bertz CT molecular complexity index is 1020. The van der Waals surface area contributed by atoms with Crippen LogP contribution in [0.5, 0.6) is 0 Å². The van der Waals surface area contributed by atoms with Crippen LogP contribution in [0.4, 0.5) is 5.00 Å². The first-order valence-corrected chi connectivity index (χ1v) is 8.97. The molecule has 0 fully saturated rings. The molecule has 0 aliphatic carbocycles. The van der Waals surface area contributed by atoms with E-state index in [0.29, 0.717) is 21.8 Å². The third-order valence-electron chi connectivity index (χ3n) is 4.34. The first-order valence-electron chi connectivity index (χ1n) is 8.15. The van der Waals surface area contributed by atoms with Gasteiger partial charge < -0.3 is 14.6 Å². The molecule has 136 valence electrons. The molecule has 2 aromatic heterocycles. The quantitative estimate of drug-likeness (QED) is 0.698. The molecule has 26 heavy (non-hydrogen) atoms. The number of hydrogen-bond donors (Lipinski definition) is 1. The molecule has 0 radical (unpaired) electrons. The van der Waals surface area contributed by atoms with Gasteiger partial charge in [0.25, 0.3) is 0 Å². The fraction of sp³-hybridized carbons (Fsp3) is 0.316. The maximum Gasteiger partial charge on any atom is 0.341 e. The Hall–Kier alpha value is -2.67. The first-order chi connectivity index (χ1) is 12.3. The average molecular weight is 372 g/mol. The number of carbonyl (C=O) groups is 2. The van der Waals surface area contributed by atoms with E-state index in [9.17, 15) is 9.59 Å². The number of esters is 1. The summed E-state index contributed by atoms with van der Waals surface area (Å²) >= 11 is 1.36. The topological polar surface area (TPSA) is 81.4 Å². The number of nitrogens with zero attached hydrogens (tertiary/aromatic N) is 1. The van der Waals surface area contributed by atoms with Gasteiger partial charge in [0.2, 0.25) is 5.91 Å². The van der Waals surface area contributed by atoms with Crippen LogP contribution in [0.1, 0.15) is 37.6 Å². The number of hydrogen-bond acceptors (Lipinski definition) is 6. The van der Waals surface area contributed by atoms with Gasteiger partial charge in [-0.2, -0.15) is 0 Å². The largest absolute Gasteiger partial charge is 0.465 e. The number of nitrogens with one attached hydrogen (secondary N) is 1. The third-order valence-corrected chi connectivity index (χ3v) is 5.46. The van der Waals surface area contributed by atoms with Gasteiger partial charge in [0.1, 0.15) is 10.7 Å². The SMILES string of the molecule is COC(=O)c1c(NC(=O)Cc2noc3cc(C)cc(C)c23)sc(C)c1C. The molecular weight excluding hydrogens is 352 g/mol. The molecule has 1 N–H and O–H groups in total. The van der Waals surface area contributed by atoms with Crippen molar-refractivity contribution in [2.75, 3.05) is 12.4 Å². The fourth-order valence-electron chi connectivity index (χ4n) is 3.03. The summed E-state index contributed by atoms with van der Waals surface area (Å²) in [6, 6.07) is 3.93. The van der Waals surface area contributed by atoms with Crippen LogP contribution in [0.15, 0.2) is 16.7 Å². The second-order valence-corrected chi connectivity index (χ2v) is 7.51. The van der Waals surface area contributed by atoms with Crippen LogP contribution in [0.3, 0.4) is 0 Å². The summed E-state index contributed by atoms with van der Waals surface area (Å²) in [5.74, 6) is -0.716. The van der Waals surface area contributed by atoms with E-state index < -0.39 is 5.97 Å². The smallest absolute Gasteiger partial charge is 0.341 e. The molecule has 1 aromatic carbocycles. The van der Waals surface area contributed by atoms with Gasteiger partial charge in [-0.05, 0) is 50.5 Å². The lowest BCUT2D eigenvalue weighted by atomic mass is 10.0. The van der Waals surface area contributed by atoms with Gasteiger partial charge in [-0.15, -0.1) is 11.3 Å². The van der Waals surface area contributed by atoms with Crippen molar-refractivity contribution in [1.82, 2.24) is 5.16 Å². The lowest BCUT2D eigenvalue weighted by molar-refractivity contribution is -0.115. The Morgan fingerprint density at radius 2 is 1.96 bits per heavy atom. The highest BCUT2D eigenvalue weighted by Crippen LogP contribution is 2.33. The minimum absolute atomic E-state index is 0.0630. The first kappa shape index (κ1) is 18.1. The minimum atomic E-state index is -0.458. The van der Waals surface area contributed by atoms with Crippen LogP contribution in [0.2, 0.25) is 0 Å². The normalized spacial score (nSPS) is 11.0. The predicted molar refractivity (Wildman–Crippen MR) is 101 cm³/mol. The number of fused-ring (bicyclic) bond motifs is 1. The van der Waals surface area contributed by atoms with E-state index in [1.807, 2.05) is 39.8 Å². The lowest BCUT2D eigenvalue weighted by Crippen LogP contribution is -2.16. The van der Waals surface area contributed by atoms with Crippen LogP contribution < -0.4 is 5.32 Å². The number of ether oxygens (including phenoxy) is 1. The Balaban J connectivity index is 1.87. The van der Waals surface area contributed by atoms with Gasteiger partial charge >= 0.3 is 5.97 Å². The number of carbonyl (C=O) groups excluding carboxylic acids is 2. The summed E-state index contributed by atoms with van der Waals surface area (Å²) in [6.07, 6.45) is 0.0630.